The molecule has 1 aromatic carbocycles. The van der Waals surface area contributed by atoms with E-state index in [-0.39, 0.29) is 11.9 Å². The maximum atomic E-state index is 12.4. The van der Waals surface area contributed by atoms with E-state index in [1.807, 2.05) is 30.9 Å². The van der Waals surface area contributed by atoms with Crippen LogP contribution >= 0.6 is 11.6 Å². The summed E-state index contributed by atoms with van der Waals surface area (Å²) in [6.45, 7) is 6.40. The molecule has 1 heterocycles. The van der Waals surface area contributed by atoms with E-state index in [1.165, 1.54) is 0 Å². The Bertz CT molecular complexity index is 433. The summed E-state index contributed by atoms with van der Waals surface area (Å²) in [6.07, 6.45) is 0. The molecular formula is C13H17ClN2O. The third-order valence-corrected chi connectivity index (χ3v) is 3.69. The van der Waals surface area contributed by atoms with Gasteiger partial charge in [-0.25, -0.2) is 0 Å². The van der Waals surface area contributed by atoms with Gasteiger partial charge in [0.15, 0.2) is 0 Å². The Kier molecular flexibility index (Phi) is 3.69. The maximum Gasteiger partial charge on any atom is 0.255 e. The van der Waals surface area contributed by atoms with Crippen molar-refractivity contribution in [2.45, 2.75) is 19.9 Å². The Hall–Kier alpha value is -1.06. The lowest BCUT2D eigenvalue weighted by molar-refractivity contribution is 0.0656. The highest BCUT2D eigenvalue weighted by Gasteiger charge is 2.25. The van der Waals surface area contributed by atoms with Crippen molar-refractivity contribution in [2.24, 2.45) is 0 Å². The molecule has 0 bridgehead atoms. The molecule has 92 valence electrons. The van der Waals surface area contributed by atoms with Crippen LogP contribution in [0.4, 0.5) is 0 Å². The minimum atomic E-state index is 0.0349. The topological polar surface area (TPSA) is 32.3 Å². The molecule has 1 amide bonds. The van der Waals surface area contributed by atoms with Crippen LogP contribution in [-0.2, 0) is 0 Å². The number of rotatable bonds is 1. The van der Waals surface area contributed by atoms with Gasteiger partial charge in [0.1, 0.15) is 0 Å². The first-order valence-corrected chi connectivity index (χ1v) is 6.26. The lowest BCUT2D eigenvalue weighted by atomic mass is 10.1. The van der Waals surface area contributed by atoms with E-state index in [1.54, 1.807) is 6.07 Å². The van der Waals surface area contributed by atoms with Crippen molar-refractivity contribution in [3.8, 4) is 0 Å². The zero-order chi connectivity index (χ0) is 12.4. The van der Waals surface area contributed by atoms with Crippen molar-refractivity contribution in [1.82, 2.24) is 10.2 Å². The fourth-order valence-corrected chi connectivity index (χ4v) is 2.32. The Balaban J connectivity index is 2.27. The third kappa shape index (κ3) is 2.45. The number of halogens is 1. The molecular weight excluding hydrogens is 236 g/mol. The van der Waals surface area contributed by atoms with Crippen molar-refractivity contribution < 1.29 is 4.79 Å². The maximum absolute atomic E-state index is 12.4. The molecule has 1 saturated heterocycles. The van der Waals surface area contributed by atoms with Crippen LogP contribution in [0.25, 0.3) is 0 Å². The smallest absolute Gasteiger partial charge is 0.255 e. The van der Waals surface area contributed by atoms with E-state index in [4.69, 9.17) is 11.6 Å². The second kappa shape index (κ2) is 5.07. The number of carbonyl (C=O) groups is 1. The van der Waals surface area contributed by atoms with Crippen LogP contribution < -0.4 is 5.32 Å². The molecule has 1 N–H and O–H groups in total. The first-order chi connectivity index (χ1) is 8.11. The van der Waals surface area contributed by atoms with E-state index in [2.05, 4.69) is 5.32 Å². The van der Waals surface area contributed by atoms with Gasteiger partial charge in [-0.1, -0.05) is 23.7 Å². The number of aryl methyl sites for hydroxylation is 1. The molecule has 2 rings (SSSR count). The quantitative estimate of drug-likeness (QED) is 0.830. The van der Waals surface area contributed by atoms with Crippen LogP contribution in [0, 0.1) is 6.92 Å². The highest BCUT2D eigenvalue weighted by molar-refractivity contribution is 6.34. The van der Waals surface area contributed by atoms with Crippen LogP contribution in [0.15, 0.2) is 18.2 Å². The molecule has 0 radical (unpaired) electrons. The molecule has 1 aliphatic rings. The van der Waals surface area contributed by atoms with Crippen LogP contribution in [0.1, 0.15) is 22.8 Å². The van der Waals surface area contributed by atoms with E-state index in [0.717, 1.165) is 25.2 Å². The minimum Gasteiger partial charge on any atom is -0.333 e. The first-order valence-electron chi connectivity index (χ1n) is 5.88. The van der Waals surface area contributed by atoms with Crippen LogP contribution in [0.5, 0.6) is 0 Å². The zero-order valence-electron chi connectivity index (χ0n) is 10.2. The summed E-state index contributed by atoms with van der Waals surface area (Å²) in [4.78, 5) is 14.3. The number of piperazine rings is 1. The van der Waals surface area contributed by atoms with E-state index >= 15 is 0 Å². The number of hydrogen-bond acceptors (Lipinski definition) is 2. The lowest BCUT2D eigenvalue weighted by Crippen LogP contribution is -2.52. The standard InChI is InChI=1S/C13H17ClN2O/c1-9-4-3-5-11(12(9)14)13(17)16-7-6-15-8-10(16)2/h3-5,10,15H,6-8H2,1-2H3/t10-/m1/s1. The first kappa shape index (κ1) is 12.4. The molecule has 4 heteroatoms. The molecule has 1 fully saturated rings. The van der Waals surface area contributed by atoms with Gasteiger partial charge in [0, 0.05) is 25.7 Å². The van der Waals surface area contributed by atoms with Gasteiger partial charge < -0.3 is 10.2 Å². The van der Waals surface area contributed by atoms with Crippen molar-refractivity contribution in [3.63, 3.8) is 0 Å². The van der Waals surface area contributed by atoms with Crippen molar-refractivity contribution in [2.75, 3.05) is 19.6 Å². The van der Waals surface area contributed by atoms with E-state index in [0.29, 0.717) is 10.6 Å². The Morgan fingerprint density at radius 3 is 3.00 bits per heavy atom. The highest BCUT2D eigenvalue weighted by atomic mass is 35.5. The van der Waals surface area contributed by atoms with E-state index < -0.39 is 0 Å². The fraction of sp³-hybridized carbons (Fsp3) is 0.462. The lowest BCUT2D eigenvalue weighted by Gasteiger charge is -2.34. The second-order valence-electron chi connectivity index (χ2n) is 4.49. The van der Waals surface area contributed by atoms with Crippen LogP contribution in [-0.4, -0.2) is 36.5 Å². The molecule has 17 heavy (non-hydrogen) atoms. The summed E-state index contributed by atoms with van der Waals surface area (Å²) in [7, 11) is 0. The molecule has 0 aromatic heterocycles. The summed E-state index contributed by atoms with van der Waals surface area (Å²) in [5.74, 6) is 0.0349. The molecule has 3 nitrogen and oxygen atoms in total. The van der Waals surface area contributed by atoms with Gasteiger partial charge in [0.25, 0.3) is 5.91 Å². The number of nitrogens with one attached hydrogen (secondary N) is 1. The molecule has 1 aromatic rings. The van der Waals surface area contributed by atoms with Crippen LogP contribution in [0.3, 0.4) is 0 Å². The molecule has 1 atom stereocenters. The molecule has 0 saturated carbocycles. The summed E-state index contributed by atoms with van der Waals surface area (Å²) in [5.41, 5.74) is 1.56. The predicted octanol–water partition coefficient (Wildman–Crippen LogP) is 2.08. The summed E-state index contributed by atoms with van der Waals surface area (Å²) < 4.78 is 0. The van der Waals surface area contributed by atoms with Crippen molar-refractivity contribution in [1.29, 1.82) is 0 Å². The predicted molar refractivity (Wildman–Crippen MR) is 69.6 cm³/mol. The van der Waals surface area contributed by atoms with Gasteiger partial charge in [-0.3, -0.25) is 4.79 Å². The molecule has 0 aliphatic carbocycles. The SMILES string of the molecule is Cc1cccc(C(=O)N2CCNC[C@H]2C)c1Cl. The average molecular weight is 253 g/mol. The van der Waals surface area contributed by atoms with Gasteiger partial charge in [-0.2, -0.15) is 0 Å². The highest BCUT2D eigenvalue weighted by Crippen LogP contribution is 2.22. The van der Waals surface area contributed by atoms with Crippen molar-refractivity contribution >= 4 is 17.5 Å². The Morgan fingerprint density at radius 2 is 2.29 bits per heavy atom. The number of nitrogens with zero attached hydrogens (tertiary/aromatic N) is 1. The van der Waals surface area contributed by atoms with Gasteiger partial charge in [0.05, 0.1) is 10.6 Å². The van der Waals surface area contributed by atoms with Gasteiger partial charge in [-0.05, 0) is 25.5 Å². The van der Waals surface area contributed by atoms with Gasteiger partial charge in [0.2, 0.25) is 0 Å². The monoisotopic (exact) mass is 252 g/mol. The minimum absolute atomic E-state index is 0.0349. The molecule has 0 spiro atoms. The van der Waals surface area contributed by atoms with E-state index in [9.17, 15) is 4.79 Å². The van der Waals surface area contributed by atoms with Crippen molar-refractivity contribution in [3.05, 3.63) is 34.3 Å². The zero-order valence-corrected chi connectivity index (χ0v) is 10.9. The summed E-state index contributed by atoms with van der Waals surface area (Å²) in [6, 6.07) is 5.81. The second-order valence-corrected chi connectivity index (χ2v) is 4.87. The summed E-state index contributed by atoms with van der Waals surface area (Å²) in [5, 5.41) is 3.84. The third-order valence-electron chi connectivity index (χ3n) is 3.18. The Labute approximate surface area is 107 Å². The number of carbonyl (C=O) groups excluding carboxylic acids is 1. The summed E-state index contributed by atoms with van der Waals surface area (Å²) >= 11 is 6.19. The fourth-order valence-electron chi connectivity index (χ4n) is 2.11. The number of hydrogen-bond donors (Lipinski definition) is 1. The van der Waals surface area contributed by atoms with Gasteiger partial charge >= 0.3 is 0 Å². The van der Waals surface area contributed by atoms with Gasteiger partial charge in [-0.15, -0.1) is 0 Å². The van der Waals surface area contributed by atoms with Crippen LogP contribution in [0.2, 0.25) is 5.02 Å². The molecule has 0 unspecified atom stereocenters. The normalized spacial score (nSPS) is 20.4. The molecule has 1 aliphatic heterocycles. The number of amides is 1. The largest absolute Gasteiger partial charge is 0.333 e. The number of benzene rings is 1. The Morgan fingerprint density at radius 1 is 1.53 bits per heavy atom. The average Bonchev–Trinajstić information content (AvgIpc) is 2.32.